The summed E-state index contributed by atoms with van der Waals surface area (Å²) in [6, 6.07) is 18.5. The number of methoxy groups -OCH3 is 1. The number of benzene rings is 2. The van der Waals surface area contributed by atoms with Gasteiger partial charge in [-0.1, -0.05) is 24.3 Å². The zero-order chi connectivity index (χ0) is 16.8. The number of anilines is 1. The van der Waals surface area contributed by atoms with Crippen molar-refractivity contribution in [1.29, 1.82) is 0 Å². The largest absolute Gasteiger partial charge is 0.497 e. The molecule has 122 valence electrons. The van der Waals surface area contributed by atoms with Gasteiger partial charge in [-0.05, 0) is 24.3 Å². The summed E-state index contributed by atoms with van der Waals surface area (Å²) in [5.74, 6) is 0.799. The first kappa shape index (κ1) is 15.6. The van der Waals surface area contributed by atoms with Crippen molar-refractivity contribution in [2.75, 3.05) is 19.0 Å². The minimum atomic E-state index is -0.266. The van der Waals surface area contributed by atoms with E-state index >= 15 is 0 Å². The predicted molar refractivity (Wildman–Crippen MR) is 90.7 cm³/mol. The molecule has 6 heteroatoms. The lowest BCUT2D eigenvalue weighted by atomic mass is 10.3. The second kappa shape index (κ2) is 7.32. The lowest BCUT2D eigenvalue weighted by Crippen LogP contribution is -2.20. The Bertz CT molecular complexity index is 815. The zero-order valence-electron chi connectivity index (χ0n) is 13.2. The quantitative estimate of drug-likeness (QED) is 0.757. The van der Waals surface area contributed by atoms with Crippen LogP contribution in [0.3, 0.4) is 0 Å². The van der Waals surface area contributed by atoms with Gasteiger partial charge in [-0.25, -0.2) is 4.68 Å². The Morgan fingerprint density at radius 2 is 1.96 bits per heavy atom. The highest BCUT2D eigenvalue weighted by molar-refractivity contribution is 5.92. The van der Waals surface area contributed by atoms with Crippen LogP contribution < -0.4 is 14.8 Å². The van der Waals surface area contributed by atoms with Crippen LogP contribution in [0, 0.1) is 0 Å². The van der Waals surface area contributed by atoms with Gasteiger partial charge < -0.3 is 14.8 Å². The number of nitrogens with one attached hydrogen (secondary N) is 1. The van der Waals surface area contributed by atoms with Crippen molar-refractivity contribution < 1.29 is 14.3 Å². The highest BCUT2D eigenvalue weighted by atomic mass is 16.5. The standard InChI is InChI=1S/C18H17N3O3/c1-23-16-9-5-6-14(12-16)19-17(22)13-24-18-10-11-21(20-18)15-7-3-2-4-8-15/h2-12H,13H2,1H3,(H,19,22). The van der Waals surface area contributed by atoms with Crippen LogP contribution in [0.25, 0.3) is 5.69 Å². The molecule has 0 atom stereocenters. The van der Waals surface area contributed by atoms with E-state index < -0.39 is 0 Å². The van der Waals surface area contributed by atoms with E-state index in [1.165, 1.54) is 0 Å². The number of amides is 1. The van der Waals surface area contributed by atoms with Gasteiger partial charge in [-0.2, -0.15) is 0 Å². The lowest BCUT2D eigenvalue weighted by molar-refractivity contribution is -0.118. The molecule has 1 heterocycles. The third-order valence-corrected chi connectivity index (χ3v) is 3.29. The van der Waals surface area contributed by atoms with Crippen LogP contribution in [0.1, 0.15) is 0 Å². The van der Waals surface area contributed by atoms with Gasteiger partial charge in [-0.3, -0.25) is 4.79 Å². The Kier molecular flexibility index (Phi) is 4.76. The second-order valence-electron chi connectivity index (χ2n) is 5.00. The molecule has 2 aromatic carbocycles. The zero-order valence-corrected chi connectivity index (χ0v) is 13.2. The molecule has 0 aliphatic rings. The Labute approximate surface area is 139 Å². The van der Waals surface area contributed by atoms with Crippen LogP contribution in [-0.4, -0.2) is 29.4 Å². The predicted octanol–water partition coefficient (Wildman–Crippen LogP) is 2.90. The van der Waals surface area contributed by atoms with E-state index in [1.807, 2.05) is 36.4 Å². The third-order valence-electron chi connectivity index (χ3n) is 3.29. The van der Waals surface area contributed by atoms with Crippen molar-refractivity contribution in [3.8, 4) is 17.3 Å². The molecule has 3 rings (SSSR count). The topological polar surface area (TPSA) is 65.4 Å². The first-order chi connectivity index (χ1) is 11.7. The molecular weight excluding hydrogens is 306 g/mol. The molecular formula is C18H17N3O3. The number of hydrogen-bond donors (Lipinski definition) is 1. The summed E-state index contributed by atoms with van der Waals surface area (Å²) in [5.41, 5.74) is 1.57. The van der Waals surface area contributed by atoms with Crippen LogP contribution >= 0.6 is 0 Å². The van der Waals surface area contributed by atoms with Crippen molar-refractivity contribution >= 4 is 11.6 Å². The molecule has 1 amide bonds. The monoisotopic (exact) mass is 323 g/mol. The first-order valence-electron chi connectivity index (χ1n) is 7.42. The number of para-hydroxylation sites is 1. The third kappa shape index (κ3) is 3.92. The van der Waals surface area contributed by atoms with Crippen molar-refractivity contribution in [3.63, 3.8) is 0 Å². The molecule has 1 aromatic heterocycles. The van der Waals surface area contributed by atoms with Gasteiger partial charge in [0.2, 0.25) is 5.88 Å². The Hall–Kier alpha value is -3.28. The molecule has 0 fully saturated rings. The number of ether oxygens (including phenoxy) is 2. The molecule has 0 spiro atoms. The van der Waals surface area contributed by atoms with Crippen LogP contribution in [0.4, 0.5) is 5.69 Å². The summed E-state index contributed by atoms with van der Waals surface area (Å²) in [4.78, 5) is 12.0. The number of hydrogen-bond acceptors (Lipinski definition) is 4. The maximum Gasteiger partial charge on any atom is 0.262 e. The summed E-state index contributed by atoms with van der Waals surface area (Å²) in [6.45, 7) is -0.122. The Morgan fingerprint density at radius 3 is 2.75 bits per heavy atom. The van der Waals surface area contributed by atoms with E-state index in [4.69, 9.17) is 9.47 Å². The Morgan fingerprint density at radius 1 is 1.12 bits per heavy atom. The van der Waals surface area contributed by atoms with Gasteiger partial charge in [0.15, 0.2) is 6.61 Å². The van der Waals surface area contributed by atoms with Gasteiger partial charge in [-0.15, -0.1) is 5.10 Å². The summed E-state index contributed by atoms with van der Waals surface area (Å²) >= 11 is 0. The number of rotatable bonds is 6. The Balaban J connectivity index is 1.56. The van der Waals surface area contributed by atoms with E-state index in [2.05, 4.69) is 10.4 Å². The molecule has 6 nitrogen and oxygen atoms in total. The van der Waals surface area contributed by atoms with E-state index in [0.29, 0.717) is 17.3 Å². The van der Waals surface area contributed by atoms with Crippen LogP contribution in [0.2, 0.25) is 0 Å². The molecule has 0 unspecified atom stereocenters. The fourth-order valence-electron chi connectivity index (χ4n) is 2.15. The molecule has 1 N–H and O–H groups in total. The van der Waals surface area contributed by atoms with Crippen LogP contribution in [0.5, 0.6) is 11.6 Å². The number of nitrogens with zero attached hydrogens (tertiary/aromatic N) is 2. The maximum atomic E-state index is 12.0. The summed E-state index contributed by atoms with van der Waals surface area (Å²) in [6.07, 6.45) is 1.78. The molecule has 0 saturated heterocycles. The van der Waals surface area contributed by atoms with Gasteiger partial charge in [0.1, 0.15) is 5.75 Å². The fraction of sp³-hybridized carbons (Fsp3) is 0.111. The number of carbonyl (C=O) groups is 1. The minimum absolute atomic E-state index is 0.122. The van der Waals surface area contributed by atoms with Gasteiger partial charge in [0.25, 0.3) is 5.91 Å². The van der Waals surface area contributed by atoms with Gasteiger partial charge >= 0.3 is 0 Å². The molecule has 0 radical (unpaired) electrons. The lowest BCUT2D eigenvalue weighted by Gasteiger charge is -2.07. The normalized spacial score (nSPS) is 10.2. The van der Waals surface area contributed by atoms with Crippen molar-refractivity contribution in [2.45, 2.75) is 0 Å². The van der Waals surface area contributed by atoms with E-state index in [1.54, 1.807) is 42.3 Å². The average molecular weight is 323 g/mol. The van der Waals surface area contributed by atoms with E-state index in [9.17, 15) is 4.79 Å². The molecule has 0 aliphatic heterocycles. The second-order valence-corrected chi connectivity index (χ2v) is 5.00. The van der Waals surface area contributed by atoms with E-state index in [-0.39, 0.29) is 12.5 Å². The van der Waals surface area contributed by atoms with Crippen LogP contribution in [-0.2, 0) is 4.79 Å². The molecule has 0 saturated carbocycles. The highest BCUT2D eigenvalue weighted by Crippen LogP contribution is 2.17. The number of carbonyl (C=O) groups excluding carboxylic acids is 1. The van der Waals surface area contributed by atoms with Crippen molar-refractivity contribution in [3.05, 3.63) is 66.9 Å². The summed E-state index contributed by atoms with van der Waals surface area (Å²) in [5, 5.41) is 7.03. The maximum absolute atomic E-state index is 12.0. The van der Waals surface area contributed by atoms with Crippen LogP contribution in [0.15, 0.2) is 66.9 Å². The average Bonchev–Trinajstić information content (AvgIpc) is 3.10. The number of aromatic nitrogens is 2. The first-order valence-corrected chi connectivity index (χ1v) is 7.42. The molecule has 0 aliphatic carbocycles. The van der Waals surface area contributed by atoms with Crippen molar-refractivity contribution in [1.82, 2.24) is 9.78 Å². The van der Waals surface area contributed by atoms with Crippen molar-refractivity contribution in [2.24, 2.45) is 0 Å². The summed E-state index contributed by atoms with van der Waals surface area (Å²) in [7, 11) is 1.58. The highest BCUT2D eigenvalue weighted by Gasteiger charge is 2.07. The smallest absolute Gasteiger partial charge is 0.262 e. The molecule has 3 aromatic rings. The summed E-state index contributed by atoms with van der Waals surface area (Å²) < 4.78 is 12.2. The molecule has 0 bridgehead atoms. The fourth-order valence-corrected chi connectivity index (χ4v) is 2.15. The van der Waals surface area contributed by atoms with Gasteiger partial charge in [0, 0.05) is 24.0 Å². The minimum Gasteiger partial charge on any atom is -0.497 e. The van der Waals surface area contributed by atoms with Gasteiger partial charge in [0.05, 0.1) is 12.8 Å². The molecule has 24 heavy (non-hydrogen) atoms. The van der Waals surface area contributed by atoms with E-state index in [0.717, 1.165) is 5.69 Å². The SMILES string of the molecule is COc1cccc(NC(=O)COc2ccn(-c3ccccc3)n2)c1.